The molecular weight excluding hydrogens is 266 g/mol. The highest BCUT2D eigenvalue weighted by Gasteiger charge is 2.21. The summed E-state index contributed by atoms with van der Waals surface area (Å²) in [6, 6.07) is 11.1. The third kappa shape index (κ3) is 3.33. The highest BCUT2D eigenvalue weighted by molar-refractivity contribution is 5.47. The smallest absolute Gasteiger partial charge is 0.318 e. The number of benzene rings is 1. The molecule has 0 aliphatic carbocycles. The van der Waals surface area contributed by atoms with Gasteiger partial charge in [0.2, 0.25) is 5.89 Å². The van der Waals surface area contributed by atoms with Gasteiger partial charge in [-0.2, -0.15) is 0 Å². The Hall–Kier alpha value is -2.08. The topological polar surface area (TPSA) is 57.4 Å². The van der Waals surface area contributed by atoms with Crippen LogP contribution in [0.4, 0.5) is 11.7 Å². The first kappa shape index (κ1) is 13.9. The molecule has 1 aliphatic rings. The molecule has 2 aromatic rings. The zero-order valence-corrected chi connectivity index (χ0v) is 12.3. The summed E-state index contributed by atoms with van der Waals surface area (Å²) in [6.45, 7) is 7.32. The van der Waals surface area contributed by atoms with Gasteiger partial charge in [0, 0.05) is 31.9 Å². The van der Waals surface area contributed by atoms with Crippen LogP contribution in [0.1, 0.15) is 12.8 Å². The first-order valence-corrected chi connectivity index (χ1v) is 7.45. The molecule has 6 nitrogen and oxygen atoms in total. The second-order valence-electron chi connectivity index (χ2n) is 5.07. The molecule has 0 bridgehead atoms. The van der Waals surface area contributed by atoms with Crippen LogP contribution in [0.25, 0.3) is 0 Å². The number of nitrogens with one attached hydrogen (secondary N) is 1. The van der Waals surface area contributed by atoms with Gasteiger partial charge in [0.05, 0.1) is 6.54 Å². The number of rotatable bonds is 5. The summed E-state index contributed by atoms with van der Waals surface area (Å²) in [4.78, 5) is 4.54. The number of para-hydroxylation sites is 1. The van der Waals surface area contributed by atoms with Crippen molar-refractivity contribution < 1.29 is 4.42 Å². The van der Waals surface area contributed by atoms with Crippen molar-refractivity contribution in [3.63, 3.8) is 0 Å². The Morgan fingerprint density at radius 2 is 1.76 bits per heavy atom. The van der Waals surface area contributed by atoms with Crippen LogP contribution in [0.3, 0.4) is 0 Å². The second-order valence-corrected chi connectivity index (χ2v) is 5.07. The Balaban J connectivity index is 1.57. The first-order valence-electron chi connectivity index (χ1n) is 7.45. The number of nitrogens with zero attached hydrogens (tertiary/aromatic N) is 4. The average molecular weight is 287 g/mol. The zero-order valence-electron chi connectivity index (χ0n) is 12.3. The van der Waals surface area contributed by atoms with E-state index in [0.29, 0.717) is 18.5 Å². The first-order chi connectivity index (χ1) is 10.4. The van der Waals surface area contributed by atoms with E-state index < -0.39 is 0 Å². The van der Waals surface area contributed by atoms with Crippen molar-refractivity contribution in [2.45, 2.75) is 13.5 Å². The molecule has 0 atom stereocenters. The van der Waals surface area contributed by atoms with Crippen LogP contribution in [-0.2, 0) is 6.54 Å². The number of hydrogen-bond acceptors (Lipinski definition) is 6. The second kappa shape index (κ2) is 6.58. The lowest BCUT2D eigenvalue weighted by Crippen LogP contribution is -2.46. The fraction of sp³-hybridized carbons (Fsp3) is 0.467. The van der Waals surface area contributed by atoms with Crippen molar-refractivity contribution >= 4 is 11.7 Å². The van der Waals surface area contributed by atoms with E-state index in [2.05, 4.69) is 56.5 Å². The molecule has 1 aromatic carbocycles. The predicted octanol–water partition coefficient (Wildman–Crippen LogP) is 1.51. The molecule has 0 amide bonds. The SMILES string of the molecule is CCNCc1nnc(N2CCN(c3ccccc3)CC2)o1. The predicted molar refractivity (Wildman–Crippen MR) is 82.5 cm³/mol. The maximum atomic E-state index is 5.69. The average Bonchev–Trinajstić information content (AvgIpc) is 3.03. The summed E-state index contributed by atoms with van der Waals surface area (Å²) >= 11 is 0. The molecule has 112 valence electrons. The minimum atomic E-state index is 0.632. The lowest BCUT2D eigenvalue weighted by atomic mass is 10.2. The monoisotopic (exact) mass is 287 g/mol. The van der Waals surface area contributed by atoms with Crippen molar-refractivity contribution in [1.82, 2.24) is 15.5 Å². The summed E-state index contributed by atoms with van der Waals surface area (Å²) in [7, 11) is 0. The molecular formula is C15H21N5O. The lowest BCUT2D eigenvalue weighted by Gasteiger charge is -2.35. The summed E-state index contributed by atoms with van der Waals surface area (Å²) in [6.07, 6.45) is 0. The van der Waals surface area contributed by atoms with E-state index in [-0.39, 0.29) is 0 Å². The van der Waals surface area contributed by atoms with Crippen LogP contribution in [0.2, 0.25) is 0 Å². The molecule has 6 heteroatoms. The Kier molecular flexibility index (Phi) is 4.35. The maximum absolute atomic E-state index is 5.69. The van der Waals surface area contributed by atoms with Gasteiger partial charge in [-0.3, -0.25) is 0 Å². The molecule has 0 unspecified atom stereocenters. The molecule has 1 fully saturated rings. The quantitative estimate of drug-likeness (QED) is 0.899. The molecule has 1 aliphatic heterocycles. The van der Waals surface area contributed by atoms with Crippen molar-refractivity contribution in [3.8, 4) is 0 Å². The van der Waals surface area contributed by atoms with Crippen LogP contribution >= 0.6 is 0 Å². The summed E-state index contributed by atoms with van der Waals surface area (Å²) in [5, 5.41) is 11.4. The van der Waals surface area contributed by atoms with E-state index >= 15 is 0 Å². The largest absolute Gasteiger partial charge is 0.407 e. The van der Waals surface area contributed by atoms with Gasteiger partial charge in [-0.1, -0.05) is 30.2 Å². The van der Waals surface area contributed by atoms with Crippen LogP contribution in [0.15, 0.2) is 34.7 Å². The van der Waals surface area contributed by atoms with Gasteiger partial charge in [-0.05, 0) is 18.7 Å². The highest BCUT2D eigenvalue weighted by atomic mass is 16.4. The normalized spacial score (nSPS) is 15.5. The maximum Gasteiger partial charge on any atom is 0.318 e. The van der Waals surface area contributed by atoms with Crippen molar-refractivity contribution in [1.29, 1.82) is 0 Å². The van der Waals surface area contributed by atoms with Gasteiger partial charge in [-0.25, -0.2) is 0 Å². The third-order valence-electron chi connectivity index (χ3n) is 3.65. The highest BCUT2D eigenvalue weighted by Crippen LogP contribution is 2.19. The van der Waals surface area contributed by atoms with Crippen LogP contribution < -0.4 is 15.1 Å². The van der Waals surface area contributed by atoms with E-state index in [4.69, 9.17) is 4.42 Å². The summed E-state index contributed by atoms with van der Waals surface area (Å²) in [5.41, 5.74) is 1.27. The molecule has 0 saturated carbocycles. The van der Waals surface area contributed by atoms with Crippen molar-refractivity contribution in [3.05, 3.63) is 36.2 Å². The van der Waals surface area contributed by atoms with E-state index in [9.17, 15) is 0 Å². The zero-order chi connectivity index (χ0) is 14.5. The molecule has 1 aromatic heterocycles. The molecule has 1 saturated heterocycles. The molecule has 21 heavy (non-hydrogen) atoms. The molecule has 2 heterocycles. The Morgan fingerprint density at radius 1 is 1.05 bits per heavy atom. The number of anilines is 2. The number of piperazine rings is 1. The number of hydrogen-bond donors (Lipinski definition) is 1. The van der Waals surface area contributed by atoms with Crippen molar-refractivity contribution in [2.75, 3.05) is 42.5 Å². The third-order valence-corrected chi connectivity index (χ3v) is 3.65. The van der Waals surface area contributed by atoms with Gasteiger partial charge in [0.25, 0.3) is 0 Å². The Morgan fingerprint density at radius 3 is 2.48 bits per heavy atom. The van der Waals surface area contributed by atoms with E-state index in [1.807, 2.05) is 6.07 Å². The van der Waals surface area contributed by atoms with Gasteiger partial charge in [0.15, 0.2) is 0 Å². The van der Waals surface area contributed by atoms with E-state index in [0.717, 1.165) is 32.7 Å². The van der Waals surface area contributed by atoms with Gasteiger partial charge < -0.3 is 19.5 Å². The van der Waals surface area contributed by atoms with Crippen LogP contribution in [0.5, 0.6) is 0 Å². The fourth-order valence-electron chi connectivity index (χ4n) is 2.47. The summed E-state index contributed by atoms with van der Waals surface area (Å²) < 4.78 is 5.69. The molecule has 0 spiro atoms. The van der Waals surface area contributed by atoms with Crippen molar-refractivity contribution in [2.24, 2.45) is 0 Å². The van der Waals surface area contributed by atoms with Crippen LogP contribution in [-0.4, -0.2) is 42.9 Å². The molecule has 0 radical (unpaired) electrons. The van der Waals surface area contributed by atoms with Gasteiger partial charge in [-0.15, -0.1) is 5.10 Å². The Labute approximate surface area is 124 Å². The number of aromatic nitrogens is 2. The Bertz CT molecular complexity index is 548. The lowest BCUT2D eigenvalue weighted by molar-refractivity contribution is 0.458. The minimum absolute atomic E-state index is 0.632. The van der Waals surface area contributed by atoms with Gasteiger partial charge in [0.1, 0.15) is 0 Å². The van der Waals surface area contributed by atoms with E-state index in [1.165, 1.54) is 5.69 Å². The minimum Gasteiger partial charge on any atom is -0.407 e. The van der Waals surface area contributed by atoms with E-state index in [1.54, 1.807) is 0 Å². The molecule has 1 N–H and O–H groups in total. The summed E-state index contributed by atoms with van der Waals surface area (Å²) in [5.74, 6) is 0.650. The standard InChI is InChI=1S/C15H21N5O/c1-2-16-12-14-17-18-15(21-14)20-10-8-19(9-11-20)13-6-4-3-5-7-13/h3-7,16H,2,8-12H2,1H3. The fourth-order valence-corrected chi connectivity index (χ4v) is 2.47. The van der Waals surface area contributed by atoms with Gasteiger partial charge >= 0.3 is 6.01 Å². The van der Waals surface area contributed by atoms with Crippen LogP contribution in [0, 0.1) is 0 Å². The molecule has 3 rings (SSSR count).